The molecule has 29 heavy (non-hydrogen) atoms. The molecule has 6 heteroatoms. The molecule has 0 bridgehead atoms. The smallest absolute Gasteiger partial charge is 0.166 e. The quantitative estimate of drug-likeness (QED) is 0.426. The highest BCUT2D eigenvalue weighted by atomic mass is 32.2. The SMILES string of the molecule is CC(C)(C)Oc1ccc([S+](c2ccccc2)c2ccccc2)cc1.CS(=O)(=O)[O-]. The molecule has 4 nitrogen and oxygen atoms in total. The second kappa shape index (κ2) is 9.96. The third-order valence-corrected chi connectivity index (χ3v) is 5.67. The average Bonchev–Trinajstić information content (AvgIpc) is 2.63. The maximum absolute atomic E-state index is 9.08. The summed E-state index contributed by atoms with van der Waals surface area (Å²) in [5.41, 5.74) is -0.179. The molecule has 0 N–H and O–H groups in total. The van der Waals surface area contributed by atoms with E-state index in [0.29, 0.717) is 6.26 Å². The van der Waals surface area contributed by atoms with Gasteiger partial charge in [-0.05, 0) is 69.3 Å². The van der Waals surface area contributed by atoms with Gasteiger partial charge in [0.2, 0.25) is 0 Å². The van der Waals surface area contributed by atoms with Crippen LogP contribution >= 0.6 is 0 Å². The molecule has 0 aliphatic carbocycles. The molecule has 0 fully saturated rings. The fraction of sp³-hybridized carbons (Fsp3) is 0.217. The van der Waals surface area contributed by atoms with Gasteiger partial charge in [-0.2, -0.15) is 0 Å². The second-order valence-corrected chi connectivity index (χ2v) is 10.8. The van der Waals surface area contributed by atoms with Crippen LogP contribution in [0.25, 0.3) is 0 Å². The van der Waals surface area contributed by atoms with E-state index in [1.165, 1.54) is 14.7 Å². The zero-order chi connectivity index (χ0) is 21.5. The molecule has 0 radical (unpaired) electrons. The normalized spacial score (nSPS) is 11.5. The van der Waals surface area contributed by atoms with Crippen LogP contribution in [0.2, 0.25) is 0 Å². The molecule has 154 valence electrons. The first kappa shape index (κ1) is 23.0. The zero-order valence-corrected chi connectivity index (χ0v) is 18.7. The summed E-state index contributed by atoms with van der Waals surface area (Å²) in [5.74, 6) is 0.913. The van der Waals surface area contributed by atoms with Crippen LogP contribution in [-0.4, -0.2) is 24.8 Å². The minimum absolute atomic E-state index is 0.102. The maximum atomic E-state index is 9.08. The van der Waals surface area contributed by atoms with Crippen molar-refractivity contribution in [3.05, 3.63) is 84.9 Å². The van der Waals surface area contributed by atoms with Gasteiger partial charge < -0.3 is 9.29 Å². The molecule has 3 rings (SSSR count). The summed E-state index contributed by atoms with van der Waals surface area (Å²) in [6, 6.07) is 29.9. The van der Waals surface area contributed by atoms with Gasteiger partial charge in [0.15, 0.2) is 14.7 Å². The largest absolute Gasteiger partial charge is 0.748 e. The highest BCUT2D eigenvalue weighted by Gasteiger charge is 2.28. The predicted octanol–water partition coefficient (Wildman–Crippen LogP) is 5.12. The Morgan fingerprint density at radius 3 is 1.41 bits per heavy atom. The van der Waals surface area contributed by atoms with Crippen molar-refractivity contribution in [2.45, 2.75) is 41.1 Å². The number of benzene rings is 3. The lowest BCUT2D eigenvalue weighted by atomic mass is 10.2. The van der Waals surface area contributed by atoms with Crippen molar-refractivity contribution >= 4 is 21.0 Å². The summed E-state index contributed by atoms with van der Waals surface area (Å²) in [7, 11) is -4.02. The zero-order valence-electron chi connectivity index (χ0n) is 17.0. The Balaban J connectivity index is 0.000000537. The summed E-state index contributed by atoms with van der Waals surface area (Å²) in [6.07, 6.45) is 0.604. The molecule has 3 aromatic carbocycles. The Kier molecular flexibility index (Phi) is 7.90. The fourth-order valence-corrected chi connectivity index (χ4v) is 4.60. The van der Waals surface area contributed by atoms with E-state index in [4.69, 9.17) is 17.7 Å². The van der Waals surface area contributed by atoms with Crippen molar-refractivity contribution in [3.8, 4) is 5.75 Å². The molecule has 0 atom stereocenters. The van der Waals surface area contributed by atoms with Gasteiger partial charge in [-0.15, -0.1) is 0 Å². The van der Waals surface area contributed by atoms with Crippen molar-refractivity contribution in [2.75, 3.05) is 6.26 Å². The van der Waals surface area contributed by atoms with Crippen LogP contribution in [0.3, 0.4) is 0 Å². The lowest BCUT2D eigenvalue weighted by Gasteiger charge is -2.21. The molecular formula is C23H26O4S2. The molecule has 0 amide bonds. The molecule has 0 heterocycles. The minimum Gasteiger partial charge on any atom is -0.748 e. The molecule has 0 aliphatic rings. The topological polar surface area (TPSA) is 66.4 Å². The van der Waals surface area contributed by atoms with E-state index in [1.807, 2.05) is 0 Å². The molecule has 0 unspecified atom stereocenters. The van der Waals surface area contributed by atoms with Crippen molar-refractivity contribution in [2.24, 2.45) is 0 Å². The Morgan fingerprint density at radius 1 is 0.724 bits per heavy atom. The van der Waals surface area contributed by atoms with Crippen LogP contribution in [0.5, 0.6) is 5.75 Å². The number of hydrogen-bond acceptors (Lipinski definition) is 4. The summed E-state index contributed by atoms with van der Waals surface area (Å²) in [5, 5.41) is 0. The van der Waals surface area contributed by atoms with E-state index in [-0.39, 0.29) is 16.5 Å². The average molecular weight is 431 g/mol. The molecule has 0 aliphatic heterocycles. The van der Waals surface area contributed by atoms with Gasteiger partial charge in [0, 0.05) is 6.26 Å². The van der Waals surface area contributed by atoms with E-state index in [0.717, 1.165) is 5.75 Å². The lowest BCUT2D eigenvalue weighted by molar-refractivity contribution is 0.131. The Bertz CT molecular complexity index is 931. The molecule has 0 aromatic heterocycles. The number of ether oxygens (including phenoxy) is 1. The first-order valence-corrected chi connectivity index (χ1v) is 12.1. The summed E-state index contributed by atoms with van der Waals surface area (Å²) in [4.78, 5) is 3.95. The monoisotopic (exact) mass is 430 g/mol. The minimum atomic E-state index is -3.92. The number of hydrogen-bond donors (Lipinski definition) is 0. The second-order valence-electron chi connectivity index (χ2n) is 7.32. The van der Waals surface area contributed by atoms with Gasteiger partial charge in [-0.3, -0.25) is 0 Å². The first-order valence-electron chi connectivity index (χ1n) is 9.07. The summed E-state index contributed by atoms with van der Waals surface area (Å²) >= 11 is 0. The maximum Gasteiger partial charge on any atom is 0.166 e. The highest BCUT2D eigenvalue weighted by Crippen LogP contribution is 2.32. The summed E-state index contributed by atoms with van der Waals surface area (Å²) < 4.78 is 33.2. The van der Waals surface area contributed by atoms with E-state index in [9.17, 15) is 0 Å². The van der Waals surface area contributed by atoms with Crippen LogP contribution in [0.15, 0.2) is 99.6 Å². The standard InChI is InChI=1S/C22H23OS.CH4O3S/c1-22(2,3)23-18-14-16-21(17-15-18)24(19-10-6-4-7-11-19)20-12-8-5-9-13-20;1-5(2,3)4/h4-17H,1-3H3;1H3,(H,2,3,4)/q+1;/p-1. The Hall–Kier alpha value is -2.28. The van der Waals surface area contributed by atoms with Crippen LogP contribution < -0.4 is 4.74 Å². The molecular weight excluding hydrogens is 404 g/mol. The fourth-order valence-electron chi connectivity index (χ4n) is 2.52. The lowest BCUT2D eigenvalue weighted by Crippen LogP contribution is -2.22. The van der Waals surface area contributed by atoms with Gasteiger partial charge in [0.1, 0.15) is 11.4 Å². The van der Waals surface area contributed by atoms with E-state index in [2.05, 4.69) is 106 Å². The van der Waals surface area contributed by atoms with Crippen molar-refractivity contribution in [3.63, 3.8) is 0 Å². The molecule has 0 saturated heterocycles. The van der Waals surface area contributed by atoms with Gasteiger partial charge in [0.05, 0.1) is 21.0 Å². The summed E-state index contributed by atoms with van der Waals surface area (Å²) in [6.45, 7) is 6.21. The van der Waals surface area contributed by atoms with Gasteiger partial charge in [-0.25, -0.2) is 8.42 Å². The third-order valence-electron chi connectivity index (χ3n) is 3.44. The molecule has 0 saturated carbocycles. The van der Waals surface area contributed by atoms with Crippen molar-refractivity contribution in [1.82, 2.24) is 0 Å². The predicted molar refractivity (Wildman–Crippen MR) is 117 cm³/mol. The molecule has 3 aromatic rings. The van der Waals surface area contributed by atoms with Crippen LogP contribution in [0.4, 0.5) is 0 Å². The van der Waals surface area contributed by atoms with Gasteiger partial charge >= 0.3 is 0 Å². The van der Waals surface area contributed by atoms with Crippen molar-refractivity contribution < 1.29 is 17.7 Å². The Labute approximate surface area is 176 Å². The number of rotatable bonds is 4. The Morgan fingerprint density at radius 2 is 1.07 bits per heavy atom. The van der Waals surface area contributed by atoms with Crippen LogP contribution in [-0.2, 0) is 21.0 Å². The van der Waals surface area contributed by atoms with Crippen molar-refractivity contribution in [1.29, 1.82) is 0 Å². The van der Waals surface area contributed by atoms with Crippen LogP contribution in [0, 0.1) is 0 Å². The van der Waals surface area contributed by atoms with Crippen LogP contribution in [0.1, 0.15) is 20.8 Å². The first-order chi connectivity index (χ1) is 13.5. The third kappa shape index (κ3) is 8.73. The van der Waals surface area contributed by atoms with Gasteiger partial charge in [0.25, 0.3) is 0 Å². The van der Waals surface area contributed by atoms with E-state index < -0.39 is 10.1 Å². The molecule has 0 spiro atoms. The van der Waals surface area contributed by atoms with E-state index in [1.54, 1.807) is 0 Å². The van der Waals surface area contributed by atoms with Gasteiger partial charge in [-0.1, -0.05) is 36.4 Å². The van der Waals surface area contributed by atoms with E-state index >= 15 is 0 Å². The highest BCUT2D eigenvalue weighted by molar-refractivity contribution is 7.97.